The first-order valence-corrected chi connectivity index (χ1v) is 6.01. The first-order valence-electron chi connectivity index (χ1n) is 6.01. The summed E-state index contributed by atoms with van der Waals surface area (Å²) in [7, 11) is 0. The monoisotopic (exact) mass is 234 g/mol. The number of nitrogen functional groups attached to an aromatic ring is 1. The Labute approximate surface area is 106 Å². The molecule has 2 heteroatoms. The van der Waals surface area contributed by atoms with Gasteiger partial charge in [0.1, 0.15) is 0 Å². The number of hydrogen-bond donors (Lipinski definition) is 1. The molecular formula is C16H14N2. The van der Waals surface area contributed by atoms with Crippen molar-refractivity contribution in [2.75, 3.05) is 5.73 Å². The van der Waals surface area contributed by atoms with Gasteiger partial charge in [-0.15, -0.1) is 0 Å². The van der Waals surface area contributed by atoms with Crippen LogP contribution in [0.25, 0.3) is 10.9 Å². The number of benzene rings is 2. The van der Waals surface area contributed by atoms with Crippen molar-refractivity contribution < 1.29 is 0 Å². The van der Waals surface area contributed by atoms with Crippen LogP contribution in [0.15, 0.2) is 60.7 Å². The van der Waals surface area contributed by atoms with Crippen LogP contribution >= 0.6 is 0 Å². The van der Waals surface area contributed by atoms with Crippen LogP contribution in [0, 0.1) is 0 Å². The Balaban J connectivity index is 2.04. The van der Waals surface area contributed by atoms with Crippen LogP contribution in [0.3, 0.4) is 0 Å². The van der Waals surface area contributed by atoms with Crippen molar-refractivity contribution in [3.05, 3.63) is 71.9 Å². The smallest absolute Gasteiger partial charge is 0.0707 e. The molecule has 3 rings (SSSR count). The normalized spacial score (nSPS) is 10.7. The van der Waals surface area contributed by atoms with Crippen LogP contribution < -0.4 is 5.73 Å². The molecule has 0 aliphatic carbocycles. The Bertz CT molecular complexity index is 675. The zero-order chi connectivity index (χ0) is 12.4. The fourth-order valence-electron chi connectivity index (χ4n) is 2.10. The third-order valence-corrected chi connectivity index (χ3v) is 3.05. The summed E-state index contributed by atoms with van der Waals surface area (Å²) in [6.45, 7) is 0. The standard InChI is InChI=1S/C16H14N2/c17-14-11-13-8-4-5-9-15(13)18-16(14)10-12-6-2-1-3-7-12/h1-9,11H,10,17H2. The lowest BCUT2D eigenvalue weighted by Crippen LogP contribution is -1.99. The van der Waals surface area contributed by atoms with Crippen molar-refractivity contribution in [3.63, 3.8) is 0 Å². The first-order chi connectivity index (χ1) is 8.83. The van der Waals surface area contributed by atoms with Gasteiger partial charge in [0.15, 0.2) is 0 Å². The van der Waals surface area contributed by atoms with E-state index in [1.807, 2.05) is 48.5 Å². The minimum Gasteiger partial charge on any atom is -0.397 e. The largest absolute Gasteiger partial charge is 0.397 e. The molecule has 0 atom stereocenters. The third kappa shape index (κ3) is 2.05. The molecule has 2 N–H and O–H groups in total. The van der Waals surface area contributed by atoms with E-state index in [2.05, 4.69) is 17.1 Å². The molecule has 2 aromatic carbocycles. The summed E-state index contributed by atoms with van der Waals surface area (Å²) < 4.78 is 0. The molecule has 0 radical (unpaired) electrons. The van der Waals surface area contributed by atoms with Crippen LogP contribution in [0.5, 0.6) is 0 Å². The van der Waals surface area contributed by atoms with Gasteiger partial charge in [-0.25, -0.2) is 0 Å². The maximum absolute atomic E-state index is 6.07. The van der Waals surface area contributed by atoms with Gasteiger partial charge in [0.2, 0.25) is 0 Å². The van der Waals surface area contributed by atoms with Gasteiger partial charge in [-0.3, -0.25) is 4.98 Å². The van der Waals surface area contributed by atoms with Crippen LogP contribution in [0.1, 0.15) is 11.3 Å². The average molecular weight is 234 g/mol. The third-order valence-electron chi connectivity index (χ3n) is 3.05. The van der Waals surface area contributed by atoms with Crippen molar-refractivity contribution in [2.24, 2.45) is 0 Å². The number of rotatable bonds is 2. The van der Waals surface area contributed by atoms with Gasteiger partial charge in [-0.2, -0.15) is 0 Å². The number of aromatic nitrogens is 1. The minimum absolute atomic E-state index is 0.762. The Morgan fingerprint density at radius 1 is 0.889 bits per heavy atom. The van der Waals surface area contributed by atoms with Gasteiger partial charge in [0.05, 0.1) is 16.9 Å². The Morgan fingerprint density at radius 2 is 1.61 bits per heavy atom. The lowest BCUT2D eigenvalue weighted by molar-refractivity contribution is 1.10. The molecule has 2 nitrogen and oxygen atoms in total. The summed E-state index contributed by atoms with van der Waals surface area (Å²) in [6.07, 6.45) is 0.775. The van der Waals surface area contributed by atoms with Gasteiger partial charge in [0, 0.05) is 11.8 Å². The highest BCUT2D eigenvalue weighted by Crippen LogP contribution is 2.20. The zero-order valence-corrected chi connectivity index (χ0v) is 10.0. The molecule has 0 aliphatic heterocycles. The highest BCUT2D eigenvalue weighted by atomic mass is 14.7. The lowest BCUT2D eigenvalue weighted by Gasteiger charge is -2.07. The van der Waals surface area contributed by atoms with Crippen LogP contribution in [0.2, 0.25) is 0 Å². The molecule has 3 aromatic rings. The second kappa shape index (κ2) is 4.49. The van der Waals surface area contributed by atoms with Crippen LogP contribution in [0.4, 0.5) is 5.69 Å². The van der Waals surface area contributed by atoms with Crippen molar-refractivity contribution >= 4 is 16.6 Å². The molecule has 0 fully saturated rings. The molecule has 0 aliphatic rings. The molecular weight excluding hydrogens is 220 g/mol. The second-order valence-electron chi connectivity index (χ2n) is 4.38. The fourth-order valence-corrected chi connectivity index (χ4v) is 2.10. The molecule has 88 valence electrons. The Morgan fingerprint density at radius 3 is 2.44 bits per heavy atom. The maximum atomic E-state index is 6.07. The Hall–Kier alpha value is -2.35. The van der Waals surface area contributed by atoms with Gasteiger partial charge in [0.25, 0.3) is 0 Å². The topological polar surface area (TPSA) is 38.9 Å². The number of pyridine rings is 1. The summed E-state index contributed by atoms with van der Waals surface area (Å²) >= 11 is 0. The molecule has 1 heterocycles. The second-order valence-corrected chi connectivity index (χ2v) is 4.38. The summed E-state index contributed by atoms with van der Waals surface area (Å²) in [5, 5.41) is 1.09. The average Bonchev–Trinajstić information content (AvgIpc) is 2.41. The van der Waals surface area contributed by atoms with Crippen LogP contribution in [-0.2, 0) is 6.42 Å². The van der Waals surface area contributed by atoms with E-state index in [1.54, 1.807) is 0 Å². The lowest BCUT2D eigenvalue weighted by atomic mass is 10.1. The molecule has 0 bridgehead atoms. The zero-order valence-electron chi connectivity index (χ0n) is 10.0. The van der Waals surface area contributed by atoms with E-state index < -0.39 is 0 Å². The minimum atomic E-state index is 0.762. The van der Waals surface area contributed by atoms with Gasteiger partial charge >= 0.3 is 0 Å². The van der Waals surface area contributed by atoms with E-state index >= 15 is 0 Å². The first kappa shape index (κ1) is 10.8. The molecule has 0 saturated heterocycles. The molecule has 1 aromatic heterocycles. The number of fused-ring (bicyclic) bond motifs is 1. The quantitative estimate of drug-likeness (QED) is 0.738. The van der Waals surface area contributed by atoms with Crippen molar-refractivity contribution in [1.29, 1.82) is 0 Å². The fraction of sp³-hybridized carbons (Fsp3) is 0.0625. The highest BCUT2D eigenvalue weighted by Gasteiger charge is 2.04. The number of anilines is 1. The van der Waals surface area contributed by atoms with E-state index in [0.29, 0.717) is 0 Å². The van der Waals surface area contributed by atoms with E-state index in [-0.39, 0.29) is 0 Å². The van der Waals surface area contributed by atoms with Gasteiger partial charge in [-0.1, -0.05) is 48.5 Å². The number of para-hydroxylation sites is 1. The molecule has 0 unspecified atom stereocenters. The molecule has 0 saturated carbocycles. The maximum Gasteiger partial charge on any atom is 0.0707 e. The number of nitrogens with two attached hydrogens (primary N) is 1. The summed E-state index contributed by atoms with van der Waals surface area (Å²) in [5.74, 6) is 0. The number of hydrogen-bond acceptors (Lipinski definition) is 2. The predicted octanol–water partition coefficient (Wildman–Crippen LogP) is 3.41. The van der Waals surface area contributed by atoms with E-state index in [4.69, 9.17) is 5.73 Å². The summed E-state index contributed by atoms with van der Waals surface area (Å²) in [6, 6.07) is 20.3. The SMILES string of the molecule is Nc1cc2ccccc2nc1Cc1ccccc1. The summed E-state index contributed by atoms with van der Waals surface area (Å²) in [5.41, 5.74) is 10.0. The van der Waals surface area contributed by atoms with Gasteiger partial charge in [-0.05, 0) is 17.7 Å². The predicted molar refractivity (Wildman–Crippen MR) is 75.4 cm³/mol. The van der Waals surface area contributed by atoms with Gasteiger partial charge < -0.3 is 5.73 Å². The molecule has 0 spiro atoms. The highest BCUT2D eigenvalue weighted by molar-refractivity contribution is 5.82. The van der Waals surface area contributed by atoms with E-state index in [1.165, 1.54) is 5.56 Å². The van der Waals surface area contributed by atoms with E-state index in [0.717, 1.165) is 28.7 Å². The van der Waals surface area contributed by atoms with Crippen molar-refractivity contribution in [2.45, 2.75) is 6.42 Å². The van der Waals surface area contributed by atoms with Crippen LogP contribution in [-0.4, -0.2) is 4.98 Å². The molecule has 0 amide bonds. The van der Waals surface area contributed by atoms with E-state index in [9.17, 15) is 0 Å². The molecule has 18 heavy (non-hydrogen) atoms. The van der Waals surface area contributed by atoms with Crippen molar-refractivity contribution in [3.8, 4) is 0 Å². The van der Waals surface area contributed by atoms with Crippen molar-refractivity contribution in [1.82, 2.24) is 4.98 Å². The Kier molecular flexibility index (Phi) is 2.69. The summed E-state index contributed by atoms with van der Waals surface area (Å²) in [4.78, 5) is 4.65. The number of nitrogens with zero attached hydrogens (tertiary/aromatic N) is 1.